The number of carbonyl (C=O) groups excluding carboxylic acids is 1. The van der Waals surface area contributed by atoms with E-state index in [0.29, 0.717) is 6.42 Å². The molecule has 0 aliphatic carbocycles. The van der Waals surface area contributed by atoms with Crippen LogP contribution in [0.3, 0.4) is 0 Å². The van der Waals surface area contributed by atoms with Crippen LogP contribution in [-0.4, -0.2) is 15.8 Å². The SMILES string of the molecule is Cc1cc(C)c2nc(C)n(CCCC=O)c2c1. The smallest absolute Gasteiger partial charge is 0.120 e. The van der Waals surface area contributed by atoms with Crippen LogP contribution < -0.4 is 0 Å². The zero-order valence-electron chi connectivity index (χ0n) is 10.7. The van der Waals surface area contributed by atoms with Crippen LogP contribution in [0, 0.1) is 20.8 Å². The minimum Gasteiger partial charge on any atom is -0.328 e. The number of nitrogens with zero attached hydrogens (tertiary/aromatic N) is 2. The van der Waals surface area contributed by atoms with Gasteiger partial charge in [0.25, 0.3) is 0 Å². The van der Waals surface area contributed by atoms with Gasteiger partial charge in [0.15, 0.2) is 0 Å². The van der Waals surface area contributed by atoms with E-state index in [1.54, 1.807) is 0 Å². The van der Waals surface area contributed by atoms with Crippen molar-refractivity contribution in [2.45, 2.75) is 40.2 Å². The largest absolute Gasteiger partial charge is 0.328 e. The summed E-state index contributed by atoms with van der Waals surface area (Å²) in [6.45, 7) is 7.09. The fourth-order valence-electron chi connectivity index (χ4n) is 2.30. The number of aryl methyl sites for hydroxylation is 4. The van der Waals surface area contributed by atoms with Gasteiger partial charge in [0.1, 0.15) is 12.1 Å². The van der Waals surface area contributed by atoms with E-state index in [2.05, 4.69) is 35.5 Å². The maximum absolute atomic E-state index is 10.4. The Morgan fingerprint density at radius 3 is 2.76 bits per heavy atom. The van der Waals surface area contributed by atoms with Gasteiger partial charge in [0.2, 0.25) is 0 Å². The van der Waals surface area contributed by atoms with Crippen LogP contribution in [-0.2, 0) is 11.3 Å². The zero-order chi connectivity index (χ0) is 12.4. The molecular formula is C14H18N2O. The standard InChI is InChI=1S/C14H18N2O/c1-10-8-11(2)14-13(9-10)16(12(3)15-14)6-4-5-7-17/h7-9H,4-6H2,1-3H3. The molecule has 0 N–H and O–H groups in total. The molecule has 3 heteroatoms. The fourth-order valence-corrected chi connectivity index (χ4v) is 2.30. The lowest BCUT2D eigenvalue weighted by Gasteiger charge is -2.06. The van der Waals surface area contributed by atoms with Gasteiger partial charge < -0.3 is 9.36 Å². The highest BCUT2D eigenvalue weighted by Gasteiger charge is 2.09. The van der Waals surface area contributed by atoms with Gasteiger partial charge in [0.05, 0.1) is 11.0 Å². The Morgan fingerprint density at radius 2 is 2.06 bits per heavy atom. The van der Waals surface area contributed by atoms with Gasteiger partial charge in [-0.15, -0.1) is 0 Å². The second-order valence-electron chi connectivity index (χ2n) is 4.57. The molecule has 0 aliphatic rings. The van der Waals surface area contributed by atoms with Crippen molar-refractivity contribution in [2.24, 2.45) is 0 Å². The van der Waals surface area contributed by atoms with Crippen molar-refractivity contribution in [1.29, 1.82) is 0 Å². The Balaban J connectivity index is 2.46. The summed E-state index contributed by atoms with van der Waals surface area (Å²) in [4.78, 5) is 15.0. The third-order valence-electron chi connectivity index (χ3n) is 3.08. The van der Waals surface area contributed by atoms with E-state index in [9.17, 15) is 4.79 Å². The first-order valence-electron chi connectivity index (χ1n) is 6.01. The molecule has 0 bridgehead atoms. The first-order valence-corrected chi connectivity index (χ1v) is 6.01. The molecule has 90 valence electrons. The Labute approximate surface area is 101 Å². The summed E-state index contributed by atoms with van der Waals surface area (Å²) in [5.41, 5.74) is 4.74. The Kier molecular flexibility index (Phi) is 3.27. The predicted octanol–water partition coefficient (Wildman–Crippen LogP) is 2.94. The van der Waals surface area contributed by atoms with Gasteiger partial charge in [-0.2, -0.15) is 0 Å². The fraction of sp³-hybridized carbons (Fsp3) is 0.429. The Morgan fingerprint density at radius 1 is 1.29 bits per heavy atom. The molecule has 2 aromatic rings. The minimum absolute atomic E-state index is 0.615. The summed E-state index contributed by atoms with van der Waals surface area (Å²) in [5, 5.41) is 0. The van der Waals surface area contributed by atoms with E-state index in [0.717, 1.165) is 30.6 Å². The highest BCUT2D eigenvalue weighted by molar-refractivity contribution is 5.80. The minimum atomic E-state index is 0.615. The Hall–Kier alpha value is -1.64. The monoisotopic (exact) mass is 230 g/mol. The number of aldehydes is 1. The first kappa shape index (κ1) is 11.8. The number of imidazole rings is 1. The van der Waals surface area contributed by atoms with Crippen LogP contribution in [0.5, 0.6) is 0 Å². The third kappa shape index (κ3) is 2.23. The van der Waals surface area contributed by atoms with Crippen LogP contribution in [0.2, 0.25) is 0 Å². The molecule has 1 heterocycles. The number of carbonyl (C=O) groups is 1. The molecule has 0 unspecified atom stereocenters. The molecule has 0 saturated carbocycles. The van der Waals surface area contributed by atoms with Gasteiger partial charge in [-0.05, 0) is 44.4 Å². The van der Waals surface area contributed by atoms with E-state index in [-0.39, 0.29) is 0 Å². The lowest BCUT2D eigenvalue weighted by Crippen LogP contribution is -2.00. The van der Waals surface area contributed by atoms with Crippen LogP contribution in [0.1, 0.15) is 29.8 Å². The van der Waals surface area contributed by atoms with Gasteiger partial charge in [-0.1, -0.05) is 6.07 Å². The van der Waals surface area contributed by atoms with Crippen molar-refractivity contribution in [3.8, 4) is 0 Å². The lowest BCUT2D eigenvalue weighted by molar-refractivity contribution is -0.107. The summed E-state index contributed by atoms with van der Waals surface area (Å²) in [6, 6.07) is 4.33. The molecule has 1 aromatic heterocycles. The van der Waals surface area contributed by atoms with Gasteiger partial charge in [-0.3, -0.25) is 0 Å². The van der Waals surface area contributed by atoms with Crippen molar-refractivity contribution in [3.05, 3.63) is 29.1 Å². The van der Waals surface area contributed by atoms with Crippen molar-refractivity contribution in [3.63, 3.8) is 0 Å². The number of hydrogen-bond donors (Lipinski definition) is 0. The first-order chi connectivity index (χ1) is 8.13. The van der Waals surface area contributed by atoms with E-state index in [1.807, 2.05) is 6.92 Å². The van der Waals surface area contributed by atoms with E-state index in [4.69, 9.17) is 0 Å². The van der Waals surface area contributed by atoms with Crippen molar-refractivity contribution in [2.75, 3.05) is 0 Å². The van der Waals surface area contributed by atoms with Crippen LogP contribution in [0.4, 0.5) is 0 Å². The van der Waals surface area contributed by atoms with Crippen LogP contribution in [0.25, 0.3) is 11.0 Å². The summed E-state index contributed by atoms with van der Waals surface area (Å²) in [6.07, 6.45) is 2.47. The van der Waals surface area contributed by atoms with Gasteiger partial charge in [-0.25, -0.2) is 4.98 Å². The van der Waals surface area contributed by atoms with Crippen molar-refractivity contribution in [1.82, 2.24) is 9.55 Å². The summed E-state index contributed by atoms with van der Waals surface area (Å²) >= 11 is 0. The summed E-state index contributed by atoms with van der Waals surface area (Å²) in [5.74, 6) is 1.03. The number of aromatic nitrogens is 2. The van der Waals surface area contributed by atoms with Crippen molar-refractivity contribution >= 4 is 17.3 Å². The molecule has 0 fully saturated rings. The normalized spacial score (nSPS) is 11.0. The second kappa shape index (κ2) is 4.70. The number of hydrogen-bond acceptors (Lipinski definition) is 2. The second-order valence-corrected chi connectivity index (χ2v) is 4.57. The number of rotatable bonds is 4. The molecule has 3 nitrogen and oxygen atoms in total. The number of unbranched alkanes of at least 4 members (excludes halogenated alkanes) is 1. The molecule has 1 aromatic carbocycles. The van der Waals surface area contributed by atoms with Crippen molar-refractivity contribution < 1.29 is 4.79 Å². The molecule has 0 spiro atoms. The van der Waals surface area contributed by atoms with E-state index >= 15 is 0 Å². The zero-order valence-corrected chi connectivity index (χ0v) is 10.7. The van der Waals surface area contributed by atoms with Gasteiger partial charge in [0, 0.05) is 13.0 Å². The van der Waals surface area contributed by atoms with Crippen LogP contribution in [0.15, 0.2) is 12.1 Å². The molecule has 2 rings (SSSR count). The van der Waals surface area contributed by atoms with E-state index in [1.165, 1.54) is 16.6 Å². The molecule has 0 amide bonds. The molecule has 0 aliphatic heterocycles. The molecule has 0 radical (unpaired) electrons. The Bertz CT molecular complexity index is 555. The molecule has 0 saturated heterocycles. The highest BCUT2D eigenvalue weighted by atomic mass is 16.1. The number of benzene rings is 1. The van der Waals surface area contributed by atoms with Gasteiger partial charge >= 0.3 is 0 Å². The average molecular weight is 230 g/mol. The van der Waals surface area contributed by atoms with E-state index < -0.39 is 0 Å². The quantitative estimate of drug-likeness (QED) is 0.598. The van der Waals surface area contributed by atoms with Crippen LogP contribution >= 0.6 is 0 Å². The lowest BCUT2D eigenvalue weighted by atomic mass is 10.1. The highest BCUT2D eigenvalue weighted by Crippen LogP contribution is 2.21. The molecule has 17 heavy (non-hydrogen) atoms. The average Bonchev–Trinajstić information content (AvgIpc) is 2.57. The summed E-state index contributed by atoms with van der Waals surface area (Å²) in [7, 11) is 0. The third-order valence-corrected chi connectivity index (χ3v) is 3.08. The molecule has 0 atom stereocenters. The maximum Gasteiger partial charge on any atom is 0.120 e. The predicted molar refractivity (Wildman–Crippen MR) is 69.2 cm³/mol. The summed E-state index contributed by atoms with van der Waals surface area (Å²) < 4.78 is 2.21. The molecular weight excluding hydrogens is 212 g/mol. The maximum atomic E-state index is 10.4. The number of fused-ring (bicyclic) bond motifs is 1. The topological polar surface area (TPSA) is 34.9 Å².